The first-order chi connectivity index (χ1) is 10.5. The molecule has 0 saturated carbocycles. The number of sulfonamides is 1. The fraction of sp³-hybridized carbons (Fsp3) is 0.250. The number of hydrogen-bond acceptors (Lipinski definition) is 3. The van der Waals surface area contributed by atoms with Crippen LogP contribution in [0.4, 0.5) is 4.39 Å². The van der Waals surface area contributed by atoms with Gasteiger partial charge in [-0.05, 0) is 35.7 Å². The average Bonchev–Trinajstić information content (AvgIpc) is 2.48. The van der Waals surface area contributed by atoms with Gasteiger partial charge in [0.1, 0.15) is 11.6 Å². The van der Waals surface area contributed by atoms with Crippen LogP contribution >= 0.6 is 0 Å². The van der Waals surface area contributed by atoms with Crippen molar-refractivity contribution >= 4 is 10.0 Å². The zero-order valence-corrected chi connectivity index (χ0v) is 13.1. The molecule has 0 heterocycles. The predicted molar refractivity (Wildman–Crippen MR) is 83.7 cm³/mol. The molecule has 0 aromatic heterocycles. The summed E-state index contributed by atoms with van der Waals surface area (Å²) in [4.78, 5) is 0. The SMILES string of the molecule is COc1ccc(F)cc1CCNS(=O)(=O)Cc1ccccc1. The maximum absolute atomic E-state index is 13.2. The highest BCUT2D eigenvalue weighted by Crippen LogP contribution is 2.19. The van der Waals surface area contributed by atoms with E-state index in [0.717, 1.165) is 5.56 Å². The Bertz CT molecular complexity index is 717. The van der Waals surface area contributed by atoms with Crippen molar-refractivity contribution in [2.45, 2.75) is 12.2 Å². The molecule has 0 aliphatic heterocycles. The summed E-state index contributed by atoms with van der Waals surface area (Å²) >= 11 is 0. The Labute approximate surface area is 130 Å². The maximum Gasteiger partial charge on any atom is 0.215 e. The minimum Gasteiger partial charge on any atom is -0.496 e. The van der Waals surface area contributed by atoms with Gasteiger partial charge in [0.15, 0.2) is 0 Å². The van der Waals surface area contributed by atoms with E-state index in [0.29, 0.717) is 17.7 Å². The summed E-state index contributed by atoms with van der Waals surface area (Å²) in [5.41, 5.74) is 1.35. The Hall–Kier alpha value is -1.92. The summed E-state index contributed by atoms with van der Waals surface area (Å²) in [5.74, 6) is 0.0975. The van der Waals surface area contributed by atoms with Crippen LogP contribution in [0.25, 0.3) is 0 Å². The van der Waals surface area contributed by atoms with E-state index in [1.807, 2.05) is 6.07 Å². The van der Waals surface area contributed by atoms with Gasteiger partial charge in [-0.2, -0.15) is 0 Å². The molecule has 0 bridgehead atoms. The molecule has 0 aliphatic carbocycles. The summed E-state index contributed by atoms with van der Waals surface area (Å²) in [7, 11) is -1.92. The molecule has 1 N–H and O–H groups in total. The molecule has 0 spiro atoms. The van der Waals surface area contributed by atoms with Crippen LogP contribution in [0.1, 0.15) is 11.1 Å². The summed E-state index contributed by atoms with van der Waals surface area (Å²) in [6.45, 7) is 0.189. The van der Waals surface area contributed by atoms with Crippen LogP contribution in [0.5, 0.6) is 5.75 Å². The topological polar surface area (TPSA) is 55.4 Å². The van der Waals surface area contributed by atoms with Crippen molar-refractivity contribution in [1.82, 2.24) is 4.72 Å². The van der Waals surface area contributed by atoms with Gasteiger partial charge in [0.2, 0.25) is 10.0 Å². The third-order valence-corrected chi connectivity index (χ3v) is 4.52. The molecule has 22 heavy (non-hydrogen) atoms. The van der Waals surface area contributed by atoms with Gasteiger partial charge in [0.25, 0.3) is 0 Å². The Morgan fingerprint density at radius 3 is 2.55 bits per heavy atom. The Morgan fingerprint density at radius 2 is 1.86 bits per heavy atom. The molecule has 2 aromatic carbocycles. The molecule has 2 aromatic rings. The standard InChI is InChI=1S/C16H18FNO3S/c1-21-16-8-7-15(17)11-14(16)9-10-18-22(19,20)12-13-5-3-2-4-6-13/h2-8,11,18H,9-10,12H2,1H3. The van der Waals surface area contributed by atoms with Crippen LogP contribution in [-0.4, -0.2) is 22.1 Å². The summed E-state index contributed by atoms with van der Waals surface area (Å²) in [6, 6.07) is 13.1. The maximum atomic E-state index is 13.2. The van der Waals surface area contributed by atoms with Crippen molar-refractivity contribution in [3.05, 3.63) is 65.5 Å². The predicted octanol–water partition coefficient (Wildman–Crippen LogP) is 2.50. The van der Waals surface area contributed by atoms with Gasteiger partial charge in [-0.3, -0.25) is 0 Å². The van der Waals surface area contributed by atoms with Crippen molar-refractivity contribution in [1.29, 1.82) is 0 Å². The fourth-order valence-corrected chi connectivity index (χ4v) is 3.27. The highest BCUT2D eigenvalue weighted by Gasteiger charge is 2.12. The third-order valence-electron chi connectivity index (χ3n) is 3.16. The molecular formula is C16H18FNO3S. The Balaban J connectivity index is 1.94. The summed E-state index contributed by atoms with van der Waals surface area (Å²) in [5, 5.41) is 0. The third kappa shape index (κ3) is 4.82. The minimum absolute atomic E-state index is 0.0753. The molecule has 0 unspecified atom stereocenters. The Kier molecular flexibility index (Phi) is 5.51. The molecule has 118 valence electrons. The van der Waals surface area contributed by atoms with Crippen molar-refractivity contribution in [2.75, 3.05) is 13.7 Å². The molecule has 0 amide bonds. The molecule has 6 heteroatoms. The van der Waals surface area contributed by atoms with Gasteiger partial charge in [0.05, 0.1) is 12.9 Å². The molecule has 0 atom stereocenters. The summed E-state index contributed by atoms with van der Waals surface area (Å²) in [6.07, 6.45) is 0.356. The lowest BCUT2D eigenvalue weighted by Crippen LogP contribution is -2.27. The van der Waals surface area contributed by atoms with Crippen molar-refractivity contribution in [2.24, 2.45) is 0 Å². The van der Waals surface area contributed by atoms with Gasteiger partial charge in [-0.15, -0.1) is 0 Å². The van der Waals surface area contributed by atoms with Crippen molar-refractivity contribution in [3.8, 4) is 5.75 Å². The summed E-state index contributed by atoms with van der Waals surface area (Å²) < 4.78 is 44.9. The smallest absolute Gasteiger partial charge is 0.215 e. The number of nitrogens with one attached hydrogen (secondary N) is 1. The van der Waals surface area contributed by atoms with Crippen LogP contribution in [0, 0.1) is 5.82 Å². The molecular weight excluding hydrogens is 305 g/mol. The normalized spacial score (nSPS) is 11.4. The van der Waals surface area contributed by atoms with E-state index in [4.69, 9.17) is 4.74 Å². The van der Waals surface area contributed by atoms with Crippen LogP contribution in [0.3, 0.4) is 0 Å². The molecule has 0 aliphatic rings. The second kappa shape index (κ2) is 7.38. The van der Waals surface area contributed by atoms with E-state index >= 15 is 0 Å². The van der Waals surface area contributed by atoms with Crippen LogP contribution < -0.4 is 9.46 Å². The van der Waals surface area contributed by atoms with E-state index in [1.165, 1.54) is 25.3 Å². The van der Waals surface area contributed by atoms with E-state index in [1.54, 1.807) is 24.3 Å². The minimum atomic E-state index is -3.42. The quantitative estimate of drug-likeness (QED) is 0.852. The largest absolute Gasteiger partial charge is 0.496 e. The van der Waals surface area contributed by atoms with E-state index in [9.17, 15) is 12.8 Å². The lowest BCUT2D eigenvalue weighted by Gasteiger charge is -2.10. The molecule has 0 saturated heterocycles. The molecule has 0 radical (unpaired) electrons. The van der Waals surface area contributed by atoms with Crippen molar-refractivity contribution in [3.63, 3.8) is 0 Å². The first-order valence-electron chi connectivity index (χ1n) is 6.84. The van der Waals surface area contributed by atoms with Gasteiger partial charge in [-0.1, -0.05) is 30.3 Å². The number of halogens is 1. The van der Waals surface area contributed by atoms with Gasteiger partial charge in [0, 0.05) is 6.54 Å². The molecule has 2 rings (SSSR count). The second-order valence-corrected chi connectivity index (χ2v) is 6.65. The number of benzene rings is 2. The van der Waals surface area contributed by atoms with E-state index < -0.39 is 10.0 Å². The highest BCUT2D eigenvalue weighted by molar-refractivity contribution is 7.88. The van der Waals surface area contributed by atoms with Gasteiger partial charge < -0.3 is 4.74 Å². The van der Waals surface area contributed by atoms with Crippen LogP contribution in [0.15, 0.2) is 48.5 Å². The second-order valence-electron chi connectivity index (χ2n) is 4.85. The zero-order chi connectivity index (χ0) is 16.0. The van der Waals surface area contributed by atoms with Gasteiger partial charge in [-0.25, -0.2) is 17.5 Å². The zero-order valence-electron chi connectivity index (χ0n) is 12.3. The van der Waals surface area contributed by atoms with Crippen LogP contribution in [-0.2, 0) is 22.2 Å². The first-order valence-corrected chi connectivity index (χ1v) is 8.49. The molecule has 4 nitrogen and oxygen atoms in total. The number of methoxy groups -OCH3 is 1. The van der Waals surface area contributed by atoms with Crippen molar-refractivity contribution < 1.29 is 17.5 Å². The monoisotopic (exact) mass is 323 g/mol. The number of rotatable bonds is 7. The highest BCUT2D eigenvalue weighted by atomic mass is 32.2. The van der Waals surface area contributed by atoms with E-state index in [-0.39, 0.29) is 18.1 Å². The molecule has 0 fully saturated rings. The van der Waals surface area contributed by atoms with Crippen LogP contribution in [0.2, 0.25) is 0 Å². The Morgan fingerprint density at radius 1 is 1.14 bits per heavy atom. The van der Waals surface area contributed by atoms with Gasteiger partial charge >= 0.3 is 0 Å². The number of hydrogen-bond donors (Lipinski definition) is 1. The average molecular weight is 323 g/mol. The number of ether oxygens (including phenoxy) is 1. The van der Waals surface area contributed by atoms with E-state index in [2.05, 4.69) is 4.72 Å². The first kappa shape index (κ1) is 16.5. The lowest BCUT2D eigenvalue weighted by molar-refractivity contribution is 0.408. The fourth-order valence-electron chi connectivity index (χ4n) is 2.13. The lowest BCUT2D eigenvalue weighted by atomic mass is 10.1.